The average molecular weight is 400 g/mol. The smallest absolute Gasteiger partial charge is 0.133 e. The quantitative estimate of drug-likeness (QED) is 0.653. The van der Waals surface area contributed by atoms with E-state index in [0.29, 0.717) is 0 Å². The molecule has 0 radical (unpaired) electrons. The summed E-state index contributed by atoms with van der Waals surface area (Å²) >= 11 is 7.22. The van der Waals surface area contributed by atoms with Crippen molar-refractivity contribution in [1.29, 1.82) is 0 Å². The zero-order chi connectivity index (χ0) is 14.7. The van der Waals surface area contributed by atoms with E-state index in [9.17, 15) is 0 Å². The Morgan fingerprint density at radius 1 is 0.950 bits per heavy atom. The van der Waals surface area contributed by atoms with Crippen molar-refractivity contribution in [2.45, 2.75) is 11.8 Å². The van der Waals surface area contributed by atoms with Crippen molar-refractivity contribution in [3.8, 4) is 11.5 Å². The summed E-state index contributed by atoms with van der Waals surface area (Å²) in [5.41, 5.74) is 3.46. The minimum absolute atomic E-state index is 0.0556. The van der Waals surface area contributed by atoms with Crippen molar-refractivity contribution in [1.82, 2.24) is 0 Å². The van der Waals surface area contributed by atoms with Crippen LogP contribution in [0.15, 0.2) is 40.9 Å². The normalized spacial score (nSPS) is 12.1. The molecule has 2 nitrogen and oxygen atoms in total. The Morgan fingerprint density at radius 3 is 2.10 bits per heavy atom. The highest BCUT2D eigenvalue weighted by molar-refractivity contribution is 9.10. The highest BCUT2D eigenvalue weighted by Crippen LogP contribution is 2.41. The molecule has 0 heterocycles. The van der Waals surface area contributed by atoms with Crippen molar-refractivity contribution in [3.05, 3.63) is 57.6 Å². The maximum Gasteiger partial charge on any atom is 0.133 e. The number of halogens is 2. The zero-order valence-electron chi connectivity index (χ0n) is 11.6. The van der Waals surface area contributed by atoms with Crippen LogP contribution in [0, 0.1) is 6.92 Å². The number of benzene rings is 2. The molecule has 1 atom stereocenters. The second-order valence-electron chi connectivity index (χ2n) is 4.50. The van der Waals surface area contributed by atoms with E-state index in [4.69, 9.17) is 9.47 Å². The summed E-state index contributed by atoms with van der Waals surface area (Å²) in [6.07, 6.45) is 0. The van der Waals surface area contributed by atoms with Gasteiger partial charge in [0.25, 0.3) is 0 Å². The van der Waals surface area contributed by atoms with Gasteiger partial charge in [0, 0.05) is 5.56 Å². The summed E-state index contributed by atoms with van der Waals surface area (Å²) < 4.78 is 11.7. The number of rotatable bonds is 4. The van der Waals surface area contributed by atoms with E-state index in [1.807, 2.05) is 12.1 Å². The Kier molecular flexibility index (Phi) is 5.11. The standard InChI is InChI=1S/C16H16Br2O2/c1-10-4-6-11(7-5-10)16(18)12-8-15(20-3)13(17)9-14(12)19-2/h4-9,16H,1-3H3. The lowest BCUT2D eigenvalue weighted by atomic mass is 10.0. The Morgan fingerprint density at radius 2 is 1.55 bits per heavy atom. The van der Waals surface area contributed by atoms with E-state index >= 15 is 0 Å². The van der Waals surface area contributed by atoms with Gasteiger partial charge in [-0.3, -0.25) is 0 Å². The van der Waals surface area contributed by atoms with Gasteiger partial charge in [0.05, 0.1) is 23.5 Å². The third kappa shape index (κ3) is 3.18. The highest BCUT2D eigenvalue weighted by Gasteiger charge is 2.18. The predicted molar refractivity (Wildman–Crippen MR) is 89.2 cm³/mol. The molecule has 0 saturated carbocycles. The molecule has 0 aromatic heterocycles. The second-order valence-corrected chi connectivity index (χ2v) is 6.27. The number of ether oxygens (including phenoxy) is 2. The summed E-state index contributed by atoms with van der Waals surface area (Å²) in [5, 5.41) is 0. The largest absolute Gasteiger partial charge is 0.496 e. The van der Waals surface area contributed by atoms with E-state index < -0.39 is 0 Å². The van der Waals surface area contributed by atoms with Crippen LogP contribution in [0.2, 0.25) is 0 Å². The lowest BCUT2D eigenvalue weighted by molar-refractivity contribution is 0.397. The van der Waals surface area contributed by atoms with Crippen LogP contribution in [0.4, 0.5) is 0 Å². The van der Waals surface area contributed by atoms with Gasteiger partial charge < -0.3 is 9.47 Å². The molecule has 2 aromatic carbocycles. The molecule has 0 fully saturated rings. The Balaban J connectivity index is 2.47. The van der Waals surface area contributed by atoms with Crippen LogP contribution in [-0.2, 0) is 0 Å². The van der Waals surface area contributed by atoms with E-state index in [2.05, 4.69) is 63.0 Å². The van der Waals surface area contributed by atoms with Crippen molar-refractivity contribution in [2.24, 2.45) is 0 Å². The number of hydrogen-bond acceptors (Lipinski definition) is 2. The maximum absolute atomic E-state index is 5.48. The zero-order valence-corrected chi connectivity index (χ0v) is 14.8. The molecule has 106 valence electrons. The van der Waals surface area contributed by atoms with Gasteiger partial charge in [-0.1, -0.05) is 45.8 Å². The van der Waals surface area contributed by atoms with Gasteiger partial charge in [-0.25, -0.2) is 0 Å². The van der Waals surface area contributed by atoms with Crippen molar-refractivity contribution < 1.29 is 9.47 Å². The van der Waals surface area contributed by atoms with Gasteiger partial charge in [-0.05, 0) is 40.5 Å². The summed E-state index contributed by atoms with van der Waals surface area (Å²) in [7, 11) is 3.33. The first-order valence-electron chi connectivity index (χ1n) is 6.19. The van der Waals surface area contributed by atoms with Gasteiger partial charge >= 0.3 is 0 Å². The fourth-order valence-corrected chi connectivity index (χ4v) is 3.14. The van der Waals surface area contributed by atoms with Gasteiger partial charge in [0.1, 0.15) is 11.5 Å². The van der Waals surface area contributed by atoms with Crippen LogP contribution in [0.25, 0.3) is 0 Å². The molecule has 20 heavy (non-hydrogen) atoms. The summed E-state index contributed by atoms with van der Waals surface area (Å²) in [5.74, 6) is 1.61. The second kappa shape index (κ2) is 6.64. The predicted octanol–water partition coefficient (Wildman–Crippen LogP) is 5.26. The summed E-state index contributed by atoms with van der Waals surface area (Å²) in [6.45, 7) is 2.08. The highest BCUT2D eigenvalue weighted by atomic mass is 79.9. The van der Waals surface area contributed by atoms with Gasteiger partial charge in [-0.2, -0.15) is 0 Å². The van der Waals surface area contributed by atoms with E-state index in [1.165, 1.54) is 11.1 Å². The molecule has 0 N–H and O–H groups in total. The maximum atomic E-state index is 5.48. The lowest BCUT2D eigenvalue weighted by Gasteiger charge is -2.17. The van der Waals surface area contributed by atoms with Crippen molar-refractivity contribution >= 4 is 31.9 Å². The molecule has 4 heteroatoms. The number of methoxy groups -OCH3 is 2. The Labute approximate surface area is 136 Å². The number of aryl methyl sites for hydroxylation is 1. The molecule has 0 bridgehead atoms. The van der Waals surface area contributed by atoms with Crippen LogP contribution in [0.1, 0.15) is 21.5 Å². The van der Waals surface area contributed by atoms with Crippen LogP contribution in [-0.4, -0.2) is 14.2 Å². The van der Waals surface area contributed by atoms with Crippen LogP contribution in [0.5, 0.6) is 11.5 Å². The number of alkyl halides is 1. The van der Waals surface area contributed by atoms with Gasteiger partial charge in [-0.15, -0.1) is 0 Å². The van der Waals surface area contributed by atoms with E-state index in [-0.39, 0.29) is 4.83 Å². The van der Waals surface area contributed by atoms with Crippen molar-refractivity contribution in [3.63, 3.8) is 0 Å². The van der Waals surface area contributed by atoms with Gasteiger partial charge in [0.2, 0.25) is 0 Å². The molecular formula is C16H16Br2O2. The monoisotopic (exact) mass is 398 g/mol. The van der Waals surface area contributed by atoms with Crippen molar-refractivity contribution in [2.75, 3.05) is 14.2 Å². The fourth-order valence-electron chi connectivity index (χ4n) is 2.00. The van der Waals surface area contributed by atoms with E-state index in [0.717, 1.165) is 21.5 Å². The van der Waals surface area contributed by atoms with Gasteiger partial charge in [0.15, 0.2) is 0 Å². The van der Waals surface area contributed by atoms with Crippen LogP contribution >= 0.6 is 31.9 Å². The summed E-state index contributed by atoms with van der Waals surface area (Å²) in [4.78, 5) is 0.0556. The molecule has 0 spiro atoms. The molecule has 0 amide bonds. The molecule has 2 rings (SSSR count). The number of hydrogen-bond donors (Lipinski definition) is 0. The molecule has 0 aliphatic rings. The molecule has 0 aliphatic carbocycles. The topological polar surface area (TPSA) is 18.5 Å². The Hall–Kier alpha value is -1.00. The molecule has 0 saturated heterocycles. The van der Waals surface area contributed by atoms with Crippen LogP contribution < -0.4 is 9.47 Å². The fraction of sp³-hybridized carbons (Fsp3) is 0.250. The minimum atomic E-state index is 0.0556. The third-order valence-electron chi connectivity index (χ3n) is 3.15. The lowest BCUT2D eigenvalue weighted by Crippen LogP contribution is -1.99. The average Bonchev–Trinajstić information content (AvgIpc) is 2.47. The van der Waals surface area contributed by atoms with E-state index in [1.54, 1.807) is 14.2 Å². The first-order chi connectivity index (χ1) is 9.56. The Bertz CT molecular complexity index is 594. The molecule has 1 unspecified atom stereocenters. The first kappa shape index (κ1) is 15.4. The SMILES string of the molecule is COc1cc(C(Br)c2ccc(C)cc2)c(OC)cc1Br. The third-order valence-corrected chi connectivity index (χ3v) is 4.79. The minimum Gasteiger partial charge on any atom is -0.496 e. The summed E-state index contributed by atoms with van der Waals surface area (Å²) in [6, 6.07) is 12.3. The molecule has 2 aromatic rings. The first-order valence-corrected chi connectivity index (χ1v) is 7.89. The molecule has 0 aliphatic heterocycles. The molecular weight excluding hydrogens is 384 g/mol. The van der Waals surface area contributed by atoms with Crippen LogP contribution in [0.3, 0.4) is 0 Å².